The van der Waals surface area contributed by atoms with E-state index < -0.39 is 0 Å². The fraction of sp³-hybridized carbons (Fsp3) is 0.357. The number of hydrogen-bond donors (Lipinski definition) is 1. The highest BCUT2D eigenvalue weighted by Crippen LogP contribution is 2.26. The maximum atomic E-state index is 6.20. The molecule has 0 spiro atoms. The lowest BCUT2D eigenvalue weighted by molar-refractivity contribution is 0.714. The van der Waals surface area contributed by atoms with Crippen LogP contribution in [0.1, 0.15) is 23.6 Å². The molecule has 1 aliphatic heterocycles. The van der Waals surface area contributed by atoms with E-state index in [-0.39, 0.29) is 0 Å². The maximum Gasteiger partial charge on any atom is 0.0994 e. The third-order valence-electron chi connectivity index (χ3n) is 3.58. The first kappa shape index (κ1) is 11.8. The molecular weight excluding hydrogens is 246 g/mol. The maximum absolute atomic E-state index is 6.20. The monoisotopic (exact) mass is 261 g/mol. The third-order valence-corrected chi connectivity index (χ3v) is 3.99. The molecule has 1 fully saturated rings. The summed E-state index contributed by atoms with van der Waals surface area (Å²) in [6.45, 7) is 4.14. The van der Waals surface area contributed by atoms with Crippen molar-refractivity contribution < 1.29 is 0 Å². The lowest BCUT2D eigenvalue weighted by atomic mass is 10.1. The van der Waals surface area contributed by atoms with E-state index in [1.54, 1.807) is 0 Å². The molecule has 2 heterocycles. The van der Waals surface area contributed by atoms with Crippen LogP contribution in [0.4, 0.5) is 0 Å². The molecule has 0 aliphatic carbocycles. The van der Waals surface area contributed by atoms with Crippen molar-refractivity contribution >= 4 is 11.6 Å². The molecule has 1 aromatic heterocycles. The Balaban J connectivity index is 2.00. The highest BCUT2D eigenvalue weighted by Gasteiger charge is 2.20. The minimum Gasteiger partial charge on any atom is -0.316 e. The minimum atomic E-state index is 0.549. The lowest BCUT2D eigenvalue weighted by Gasteiger charge is -2.13. The van der Waals surface area contributed by atoms with Crippen molar-refractivity contribution in [2.45, 2.75) is 19.3 Å². The molecule has 1 unspecified atom stereocenters. The number of hydrogen-bond acceptors (Lipinski definition) is 2. The predicted octanol–water partition coefficient (Wildman–Crippen LogP) is 2.91. The van der Waals surface area contributed by atoms with Gasteiger partial charge in [0.05, 0.1) is 6.33 Å². The second-order valence-electron chi connectivity index (χ2n) is 4.81. The van der Waals surface area contributed by atoms with Crippen molar-refractivity contribution in [3.8, 4) is 5.69 Å². The van der Waals surface area contributed by atoms with Crippen LogP contribution in [0.25, 0.3) is 5.69 Å². The fourth-order valence-corrected chi connectivity index (χ4v) is 2.64. The zero-order chi connectivity index (χ0) is 12.5. The smallest absolute Gasteiger partial charge is 0.0994 e. The van der Waals surface area contributed by atoms with Crippen molar-refractivity contribution in [1.82, 2.24) is 14.9 Å². The molecular formula is C14H16ClN3. The number of imidazole rings is 1. The number of halogens is 1. The van der Waals surface area contributed by atoms with Crippen molar-refractivity contribution in [2.24, 2.45) is 0 Å². The van der Waals surface area contributed by atoms with E-state index >= 15 is 0 Å². The Morgan fingerprint density at radius 2 is 2.33 bits per heavy atom. The van der Waals surface area contributed by atoms with Gasteiger partial charge in [0.2, 0.25) is 0 Å². The summed E-state index contributed by atoms with van der Waals surface area (Å²) in [5.74, 6) is 0.549. The number of nitrogens with zero attached hydrogens (tertiary/aromatic N) is 2. The summed E-state index contributed by atoms with van der Waals surface area (Å²) in [4.78, 5) is 4.29. The fourth-order valence-electron chi connectivity index (χ4n) is 2.46. The van der Waals surface area contributed by atoms with Gasteiger partial charge in [-0.05, 0) is 37.6 Å². The highest BCUT2D eigenvalue weighted by molar-refractivity contribution is 6.31. The average molecular weight is 262 g/mol. The van der Waals surface area contributed by atoms with E-state index in [1.807, 2.05) is 31.6 Å². The second-order valence-corrected chi connectivity index (χ2v) is 5.22. The molecule has 3 nitrogen and oxygen atoms in total. The Morgan fingerprint density at radius 3 is 3.06 bits per heavy atom. The summed E-state index contributed by atoms with van der Waals surface area (Å²) in [5.41, 5.74) is 3.45. The predicted molar refractivity (Wildman–Crippen MR) is 73.5 cm³/mol. The molecule has 1 atom stereocenters. The van der Waals surface area contributed by atoms with Gasteiger partial charge < -0.3 is 9.88 Å². The number of nitrogens with one attached hydrogen (secondary N) is 1. The SMILES string of the molecule is Cc1ccc(-n2cncc2C2CCNC2)cc1Cl. The summed E-state index contributed by atoms with van der Waals surface area (Å²) in [6, 6.07) is 6.15. The van der Waals surface area contributed by atoms with E-state index in [2.05, 4.69) is 20.9 Å². The molecule has 1 aromatic carbocycles. The van der Waals surface area contributed by atoms with Crippen molar-refractivity contribution in [2.75, 3.05) is 13.1 Å². The van der Waals surface area contributed by atoms with Crippen LogP contribution in [-0.4, -0.2) is 22.6 Å². The average Bonchev–Trinajstić information content (AvgIpc) is 3.00. The van der Waals surface area contributed by atoms with Crippen molar-refractivity contribution in [1.29, 1.82) is 0 Å². The Morgan fingerprint density at radius 1 is 1.44 bits per heavy atom. The van der Waals surface area contributed by atoms with Crippen LogP contribution in [0.15, 0.2) is 30.7 Å². The van der Waals surface area contributed by atoms with Gasteiger partial charge in [-0.15, -0.1) is 0 Å². The number of benzene rings is 1. The molecule has 4 heteroatoms. The summed E-state index contributed by atoms with van der Waals surface area (Å²) < 4.78 is 2.14. The van der Waals surface area contributed by atoms with Gasteiger partial charge in [-0.3, -0.25) is 0 Å². The van der Waals surface area contributed by atoms with Gasteiger partial charge in [0, 0.05) is 35.1 Å². The molecule has 2 aromatic rings. The Labute approximate surface area is 112 Å². The normalized spacial score (nSPS) is 19.3. The number of aromatic nitrogens is 2. The first-order valence-corrected chi connectivity index (χ1v) is 6.63. The molecule has 1 saturated heterocycles. The molecule has 1 aliphatic rings. The highest BCUT2D eigenvalue weighted by atomic mass is 35.5. The van der Waals surface area contributed by atoms with Gasteiger partial charge in [-0.1, -0.05) is 17.7 Å². The summed E-state index contributed by atoms with van der Waals surface area (Å²) >= 11 is 6.20. The van der Waals surface area contributed by atoms with Gasteiger partial charge >= 0.3 is 0 Å². The lowest BCUT2D eigenvalue weighted by Crippen LogP contribution is -2.10. The van der Waals surface area contributed by atoms with E-state index in [9.17, 15) is 0 Å². The van der Waals surface area contributed by atoms with Crippen LogP contribution in [-0.2, 0) is 0 Å². The Hall–Kier alpha value is -1.32. The molecule has 1 N–H and O–H groups in total. The first-order chi connectivity index (χ1) is 8.75. The molecule has 0 amide bonds. The van der Waals surface area contributed by atoms with E-state index in [1.165, 1.54) is 12.1 Å². The number of aryl methyl sites for hydroxylation is 1. The summed E-state index contributed by atoms with van der Waals surface area (Å²) in [5, 5.41) is 4.20. The van der Waals surface area contributed by atoms with Crippen LogP contribution < -0.4 is 5.32 Å². The van der Waals surface area contributed by atoms with Gasteiger partial charge in [0.15, 0.2) is 0 Å². The summed E-state index contributed by atoms with van der Waals surface area (Å²) in [7, 11) is 0. The van der Waals surface area contributed by atoms with Crippen LogP contribution in [0.2, 0.25) is 5.02 Å². The van der Waals surface area contributed by atoms with Crippen LogP contribution in [0.5, 0.6) is 0 Å². The molecule has 18 heavy (non-hydrogen) atoms. The second kappa shape index (κ2) is 4.75. The van der Waals surface area contributed by atoms with Gasteiger partial charge in [-0.2, -0.15) is 0 Å². The van der Waals surface area contributed by atoms with Crippen LogP contribution >= 0.6 is 11.6 Å². The Bertz CT molecular complexity index is 556. The molecule has 0 bridgehead atoms. The number of rotatable bonds is 2. The third kappa shape index (κ3) is 2.04. The molecule has 94 valence electrons. The molecule has 0 saturated carbocycles. The zero-order valence-electron chi connectivity index (χ0n) is 10.4. The minimum absolute atomic E-state index is 0.549. The topological polar surface area (TPSA) is 29.9 Å². The van der Waals surface area contributed by atoms with Gasteiger partial charge in [-0.25, -0.2) is 4.98 Å². The quantitative estimate of drug-likeness (QED) is 0.901. The van der Waals surface area contributed by atoms with Crippen molar-refractivity contribution in [3.63, 3.8) is 0 Å². The Kier molecular flexibility index (Phi) is 3.10. The first-order valence-electron chi connectivity index (χ1n) is 6.25. The van der Waals surface area contributed by atoms with E-state index in [0.717, 1.165) is 29.4 Å². The van der Waals surface area contributed by atoms with E-state index in [0.29, 0.717) is 5.92 Å². The zero-order valence-corrected chi connectivity index (χ0v) is 11.1. The summed E-state index contributed by atoms with van der Waals surface area (Å²) in [6.07, 6.45) is 5.01. The van der Waals surface area contributed by atoms with E-state index in [4.69, 9.17) is 11.6 Å². The van der Waals surface area contributed by atoms with Crippen molar-refractivity contribution in [3.05, 3.63) is 47.0 Å². The van der Waals surface area contributed by atoms with Gasteiger partial charge in [0.25, 0.3) is 0 Å². The standard InChI is InChI=1S/C14H16ClN3/c1-10-2-3-12(6-13(10)15)18-9-17-8-14(18)11-4-5-16-7-11/h2-3,6,8-9,11,16H,4-5,7H2,1H3. The van der Waals surface area contributed by atoms with Crippen LogP contribution in [0, 0.1) is 6.92 Å². The molecule has 0 radical (unpaired) electrons. The van der Waals surface area contributed by atoms with Crippen LogP contribution in [0.3, 0.4) is 0 Å². The van der Waals surface area contributed by atoms with Gasteiger partial charge in [0.1, 0.15) is 0 Å². The molecule has 3 rings (SSSR count). The largest absolute Gasteiger partial charge is 0.316 e.